The molecule has 4 heteroatoms. The summed E-state index contributed by atoms with van der Waals surface area (Å²) in [7, 11) is 1.51. The zero-order valence-corrected chi connectivity index (χ0v) is 7.50. The fraction of sp³-hybridized carbons (Fsp3) is 0.625. The number of carbonyl (C=O) groups is 1. The number of rotatable bonds is 5. The van der Waals surface area contributed by atoms with E-state index in [4.69, 9.17) is 15.2 Å². The lowest BCUT2D eigenvalue weighted by molar-refractivity contribution is -0.137. The SMILES string of the molecule is CCCOC(=O)/C=C(\N)COC. The highest BCUT2D eigenvalue weighted by atomic mass is 16.5. The Labute approximate surface area is 72.3 Å². The molecule has 0 aromatic rings. The maximum atomic E-state index is 10.9. The first-order chi connectivity index (χ1) is 5.70. The van der Waals surface area contributed by atoms with Crippen molar-refractivity contribution in [1.29, 1.82) is 0 Å². The first-order valence-corrected chi connectivity index (χ1v) is 3.82. The number of ether oxygens (including phenoxy) is 2. The molecule has 70 valence electrons. The van der Waals surface area contributed by atoms with E-state index in [0.29, 0.717) is 12.3 Å². The highest BCUT2D eigenvalue weighted by Crippen LogP contribution is 1.89. The molecule has 0 unspecified atom stereocenters. The molecule has 2 N–H and O–H groups in total. The molecule has 0 amide bonds. The molecule has 0 aromatic heterocycles. The van der Waals surface area contributed by atoms with Gasteiger partial charge in [0.25, 0.3) is 0 Å². The lowest BCUT2D eigenvalue weighted by Crippen LogP contribution is -2.10. The summed E-state index contributed by atoms with van der Waals surface area (Å²) >= 11 is 0. The second-order valence-electron chi connectivity index (χ2n) is 2.32. The van der Waals surface area contributed by atoms with Crippen LogP contribution in [0.2, 0.25) is 0 Å². The first-order valence-electron chi connectivity index (χ1n) is 3.82. The molecule has 4 nitrogen and oxygen atoms in total. The summed E-state index contributed by atoms with van der Waals surface area (Å²) in [6.45, 7) is 2.60. The summed E-state index contributed by atoms with van der Waals surface area (Å²) in [6.07, 6.45) is 2.04. The second kappa shape index (κ2) is 6.67. The van der Waals surface area contributed by atoms with Crippen LogP contribution in [0.4, 0.5) is 0 Å². The predicted octanol–water partition coefficient (Wildman–Crippen LogP) is 0.429. The lowest BCUT2D eigenvalue weighted by Gasteiger charge is -2.00. The summed E-state index contributed by atoms with van der Waals surface area (Å²) in [5.74, 6) is -0.411. The van der Waals surface area contributed by atoms with E-state index in [1.807, 2.05) is 6.92 Å². The normalized spacial score (nSPS) is 11.3. The van der Waals surface area contributed by atoms with Gasteiger partial charge in [-0.2, -0.15) is 0 Å². The van der Waals surface area contributed by atoms with Crippen LogP contribution in [0.25, 0.3) is 0 Å². The van der Waals surface area contributed by atoms with Crippen molar-refractivity contribution in [2.24, 2.45) is 5.73 Å². The maximum Gasteiger partial charge on any atom is 0.332 e. The Morgan fingerprint density at radius 3 is 2.75 bits per heavy atom. The van der Waals surface area contributed by atoms with Crippen molar-refractivity contribution in [1.82, 2.24) is 0 Å². The third-order valence-electron chi connectivity index (χ3n) is 1.06. The van der Waals surface area contributed by atoms with Gasteiger partial charge in [-0.1, -0.05) is 6.92 Å². The number of carbonyl (C=O) groups excluding carboxylic acids is 1. The molecule has 0 aliphatic rings. The van der Waals surface area contributed by atoms with Crippen molar-refractivity contribution in [3.05, 3.63) is 11.8 Å². The minimum absolute atomic E-state index is 0.251. The standard InChI is InChI=1S/C8H15NO3/c1-3-4-12-8(10)5-7(9)6-11-2/h5H,3-4,6,9H2,1-2H3/b7-5-. The van der Waals surface area contributed by atoms with E-state index in [2.05, 4.69) is 0 Å². The van der Waals surface area contributed by atoms with E-state index >= 15 is 0 Å². The van der Waals surface area contributed by atoms with Crippen molar-refractivity contribution in [3.63, 3.8) is 0 Å². The first kappa shape index (κ1) is 11.0. The lowest BCUT2D eigenvalue weighted by atomic mass is 10.4. The van der Waals surface area contributed by atoms with Crippen LogP contribution < -0.4 is 5.73 Å². The number of esters is 1. The van der Waals surface area contributed by atoms with Crippen LogP contribution in [0.1, 0.15) is 13.3 Å². The average molecular weight is 173 g/mol. The van der Waals surface area contributed by atoms with Crippen LogP contribution in [-0.4, -0.2) is 26.3 Å². The van der Waals surface area contributed by atoms with Crippen LogP contribution >= 0.6 is 0 Å². The summed E-state index contributed by atoms with van der Waals surface area (Å²) in [6, 6.07) is 0. The topological polar surface area (TPSA) is 61.5 Å². The van der Waals surface area contributed by atoms with Gasteiger partial charge in [-0.15, -0.1) is 0 Å². The molecule has 0 bridgehead atoms. The third kappa shape index (κ3) is 5.73. The highest BCUT2D eigenvalue weighted by molar-refractivity contribution is 5.82. The molecule has 0 rings (SSSR count). The third-order valence-corrected chi connectivity index (χ3v) is 1.06. The van der Waals surface area contributed by atoms with Gasteiger partial charge in [-0.3, -0.25) is 0 Å². The van der Waals surface area contributed by atoms with Gasteiger partial charge in [-0.25, -0.2) is 4.79 Å². The molecule has 0 saturated carbocycles. The summed E-state index contributed by atoms with van der Waals surface area (Å²) in [5.41, 5.74) is 5.77. The summed E-state index contributed by atoms with van der Waals surface area (Å²) < 4.78 is 9.47. The maximum absolute atomic E-state index is 10.9. The highest BCUT2D eigenvalue weighted by Gasteiger charge is 1.98. The van der Waals surface area contributed by atoms with Crippen molar-refractivity contribution in [2.45, 2.75) is 13.3 Å². The molecule has 0 aromatic carbocycles. The minimum atomic E-state index is -0.411. The second-order valence-corrected chi connectivity index (χ2v) is 2.32. The fourth-order valence-corrected chi connectivity index (χ4v) is 0.604. The molecule has 0 aliphatic heterocycles. The molecular weight excluding hydrogens is 158 g/mol. The van der Waals surface area contributed by atoms with Crippen LogP contribution in [0.5, 0.6) is 0 Å². The van der Waals surface area contributed by atoms with E-state index in [1.54, 1.807) is 0 Å². The number of methoxy groups -OCH3 is 1. The van der Waals surface area contributed by atoms with E-state index in [9.17, 15) is 4.79 Å². The summed E-state index contributed by atoms with van der Waals surface area (Å²) in [5, 5.41) is 0. The molecule has 0 atom stereocenters. The van der Waals surface area contributed by atoms with Gasteiger partial charge in [-0.05, 0) is 6.42 Å². The molecule has 0 radical (unpaired) electrons. The number of hydrogen-bond acceptors (Lipinski definition) is 4. The smallest absolute Gasteiger partial charge is 0.332 e. The molecular formula is C8H15NO3. The van der Waals surface area contributed by atoms with Gasteiger partial charge in [0.15, 0.2) is 0 Å². The van der Waals surface area contributed by atoms with Crippen molar-refractivity contribution < 1.29 is 14.3 Å². The number of hydrogen-bond donors (Lipinski definition) is 1. The van der Waals surface area contributed by atoms with Crippen LogP contribution in [0, 0.1) is 0 Å². The minimum Gasteiger partial charge on any atom is -0.462 e. The predicted molar refractivity (Wildman–Crippen MR) is 45.4 cm³/mol. The van der Waals surface area contributed by atoms with Gasteiger partial charge in [0.05, 0.1) is 13.2 Å². The zero-order chi connectivity index (χ0) is 9.40. The molecule has 12 heavy (non-hydrogen) atoms. The van der Waals surface area contributed by atoms with Gasteiger partial charge in [0, 0.05) is 18.9 Å². The Morgan fingerprint density at radius 2 is 2.25 bits per heavy atom. The fourth-order valence-electron chi connectivity index (χ4n) is 0.604. The molecule has 0 saturated heterocycles. The Bertz CT molecular complexity index is 166. The van der Waals surface area contributed by atoms with Crippen LogP contribution in [0.15, 0.2) is 11.8 Å². The van der Waals surface area contributed by atoms with Crippen LogP contribution in [-0.2, 0) is 14.3 Å². The van der Waals surface area contributed by atoms with Crippen molar-refractivity contribution >= 4 is 5.97 Å². The van der Waals surface area contributed by atoms with Crippen molar-refractivity contribution in [3.8, 4) is 0 Å². The van der Waals surface area contributed by atoms with E-state index in [1.165, 1.54) is 13.2 Å². The Morgan fingerprint density at radius 1 is 1.58 bits per heavy atom. The number of nitrogens with two attached hydrogens (primary N) is 1. The molecule has 0 heterocycles. The Hall–Kier alpha value is -1.03. The van der Waals surface area contributed by atoms with Gasteiger partial charge >= 0.3 is 5.97 Å². The van der Waals surface area contributed by atoms with E-state index in [-0.39, 0.29) is 6.61 Å². The monoisotopic (exact) mass is 173 g/mol. The van der Waals surface area contributed by atoms with Crippen molar-refractivity contribution in [2.75, 3.05) is 20.3 Å². The zero-order valence-electron chi connectivity index (χ0n) is 7.50. The largest absolute Gasteiger partial charge is 0.462 e. The molecule has 0 spiro atoms. The van der Waals surface area contributed by atoms with Gasteiger partial charge < -0.3 is 15.2 Å². The average Bonchev–Trinajstić information content (AvgIpc) is 2.01. The Kier molecular flexibility index (Phi) is 6.09. The van der Waals surface area contributed by atoms with Crippen LogP contribution in [0.3, 0.4) is 0 Å². The van der Waals surface area contributed by atoms with E-state index < -0.39 is 5.97 Å². The quantitative estimate of drug-likeness (QED) is 0.483. The van der Waals surface area contributed by atoms with Gasteiger partial charge in [0.1, 0.15) is 0 Å². The van der Waals surface area contributed by atoms with E-state index in [0.717, 1.165) is 6.42 Å². The molecule has 0 aliphatic carbocycles. The van der Waals surface area contributed by atoms with Gasteiger partial charge in [0.2, 0.25) is 0 Å². The Balaban J connectivity index is 3.71. The molecule has 0 fully saturated rings. The summed E-state index contributed by atoms with van der Waals surface area (Å²) in [4.78, 5) is 10.9.